The summed E-state index contributed by atoms with van der Waals surface area (Å²) in [5.74, 6) is 0.246. The number of halogens is 1. The Kier molecular flexibility index (Phi) is 5.89. The van der Waals surface area contributed by atoms with Crippen LogP contribution in [0.5, 0.6) is 5.75 Å². The van der Waals surface area contributed by atoms with Gasteiger partial charge in [0.15, 0.2) is 5.78 Å². The van der Waals surface area contributed by atoms with E-state index < -0.39 is 5.60 Å². The lowest BCUT2D eigenvalue weighted by molar-refractivity contribution is -0.139. The molecule has 2 heterocycles. The van der Waals surface area contributed by atoms with Crippen molar-refractivity contribution in [3.63, 3.8) is 0 Å². The molecule has 0 spiro atoms. The maximum atomic E-state index is 14.6. The molecule has 1 fully saturated rings. The van der Waals surface area contributed by atoms with Crippen LogP contribution in [0.4, 0.5) is 4.39 Å². The molecule has 31 heavy (non-hydrogen) atoms. The number of carbonyl (C=O) groups excluding carboxylic acids is 1. The first-order chi connectivity index (χ1) is 14.8. The van der Waals surface area contributed by atoms with Crippen molar-refractivity contribution in [2.75, 3.05) is 13.2 Å². The summed E-state index contributed by atoms with van der Waals surface area (Å²) < 4.78 is 33.0. The van der Waals surface area contributed by atoms with Crippen LogP contribution in [0.2, 0.25) is 0 Å². The molecule has 0 bridgehead atoms. The van der Waals surface area contributed by atoms with Gasteiger partial charge < -0.3 is 14.2 Å². The molecule has 1 aromatic heterocycles. The largest absolute Gasteiger partial charge is 0.486 e. The van der Waals surface area contributed by atoms with E-state index in [1.165, 1.54) is 13.0 Å². The summed E-state index contributed by atoms with van der Waals surface area (Å²) in [6.45, 7) is 6.19. The first-order valence-corrected chi connectivity index (χ1v) is 10.2. The van der Waals surface area contributed by atoms with Crippen molar-refractivity contribution in [1.29, 1.82) is 0 Å². The van der Waals surface area contributed by atoms with E-state index >= 15 is 0 Å². The van der Waals surface area contributed by atoms with Crippen LogP contribution >= 0.6 is 0 Å². The molecule has 7 heteroatoms. The summed E-state index contributed by atoms with van der Waals surface area (Å²) in [5, 5.41) is 4.58. The molecule has 2 aromatic carbocycles. The number of ketones is 1. The van der Waals surface area contributed by atoms with Gasteiger partial charge in [0, 0.05) is 5.56 Å². The lowest BCUT2D eigenvalue weighted by atomic mass is 10.1. The highest BCUT2D eigenvalue weighted by atomic mass is 19.1. The van der Waals surface area contributed by atoms with E-state index in [0.29, 0.717) is 36.0 Å². The maximum absolute atomic E-state index is 14.6. The predicted octanol–water partition coefficient (Wildman–Crippen LogP) is 4.34. The third-order valence-electron chi connectivity index (χ3n) is 5.31. The minimum atomic E-state index is -0.930. The van der Waals surface area contributed by atoms with Gasteiger partial charge >= 0.3 is 0 Å². The Morgan fingerprint density at radius 1 is 1.19 bits per heavy atom. The molecule has 4 rings (SSSR count). The third-order valence-corrected chi connectivity index (χ3v) is 5.31. The number of para-hydroxylation sites is 1. The normalized spacial score (nSPS) is 14.3. The zero-order valence-electron chi connectivity index (χ0n) is 17.8. The van der Waals surface area contributed by atoms with E-state index in [-0.39, 0.29) is 24.3 Å². The predicted molar refractivity (Wildman–Crippen MR) is 114 cm³/mol. The average molecular weight is 424 g/mol. The number of Topliss-reactive ketones (excluding diaryl/α,β-unsaturated/α-hetero) is 1. The van der Waals surface area contributed by atoms with Crippen molar-refractivity contribution in [1.82, 2.24) is 9.78 Å². The fraction of sp³-hybridized carbons (Fsp3) is 0.333. The second-order valence-corrected chi connectivity index (χ2v) is 8.04. The van der Waals surface area contributed by atoms with Crippen LogP contribution in [-0.2, 0) is 20.9 Å². The van der Waals surface area contributed by atoms with Crippen molar-refractivity contribution >= 4 is 5.78 Å². The lowest BCUT2D eigenvalue weighted by Crippen LogP contribution is -2.38. The van der Waals surface area contributed by atoms with E-state index in [4.69, 9.17) is 14.2 Å². The molecule has 3 aromatic rings. The zero-order chi connectivity index (χ0) is 22.0. The Morgan fingerprint density at radius 3 is 2.65 bits per heavy atom. The number of ether oxygens (including phenoxy) is 3. The fourth-order valence-corrected chi connectivity index (χ4v) is 3.07. The van der Waals surface area contributed by atoms with Crippen LogP contribution in [0.15, 0.2) is 54.6 Å². The summed E-state index contributed by atoms with van der Waals surface area (Å²) in [5.41, 5.74) is 1.50. The smallest absolute Gasteiger partial charge is 0.161 e. The average Bonchev–Trinajstić information content (AvgIpc) is 3.14. The highest BCUT2D eigenvalue weighted by molar-refractivity contribution is 5.83. The van der Waals surface area contributed by atoms with Gasteiger partial charge in [0.05, 0.1) is 31.2 Å². The van der Waals surface area contributed by atoms with Crippen LogP contribution in [0.1, 0.15) is 26.5 Å². The van der Waals surface area contributed by atoms with Gasteiger partial charge in [-0.25, -0.2) is 9.07 Å². The lowest BCUT2D eigenvalue weighted by Gasteiger charge is -2.26. The minimum Gasteiger partial charge on any atom is -0.486 e. The second-order valence-electron chi connectivity index (χ2n) is 8.04. The highest BCUT2D eigenvalue weighted by Crippen LogP contribution is 2.29. The number of aromatic nitrogens is 2. The van der Waals surface area contributed by atoms with Gasteiger partial charge in [0.1, 0.15) is 29.0 Å². The van der Waals surface area contributed by atoms with Crippen molar-refractivity contribution < 1.29 is 23.4 Å². The molecule has 1 aliphatic heterocycles. The number of nitrogens with zero attached hydrogens (tertiary/aromatic N) is 2. The summed E-state index contributed by atoms with van der Waals surface area (Å²) in [4.78, 5) is 11.8. The van der Waals surface area contributed by atoms with Gasteiger partial charge in [-0.05, 0) is 51.1 Å². The summed E-state index contributed by atoms with van der Waals surface area (Å²) >= 11 is 0. The number of benzene rings is 2. The molecule has 0 saturated carbocycles. The summed E-state index contributed by atoms with van der Waals surface area (Å²) in [6.07, 6.45) is 0.0458. The summed E-state index contributed by atoms with van der Waals surface area (Å²) in [6, 6.07) is 15.9. The highest BCUT2D eigenvalue weighted by Gasteiger charge is 2.25. The monoisotopic (exact) mass is 424 g/mol. The van der Waals surface area contributed by atoms with Crippen LogP contribution in [0.25, 0.3) is 16.9 Å². The number of carbonyl (C=O) groups is 1. The molecule has 0 aliphatic carbocycles. The van der Waals surface area contributed by atoms with Gasteiger partial charge in [-0.3, -0.25) is 4.79 Å². The Hall–Kier alpha value is -3.03. The number of hydrogen-bond acceptors (Lipinski definition) is 5. The van der Waals surface area contributed by atoms with E-state index in [2.05, 4.69) is 5.10 Å². The van der Waals surface area contributed by atoms with Crippen molar-refractivity contribution in [2.24, 2.45) is 0 Å². The van der Waals surface area contributed by atoms with E-state index in [9.17, 15) is 9.18 Å². The SMILES string of the molecule is CC(=O)C(C)(C)OCc1cc(-c2cccc(OC3COC3)c2)n(-c2ccccc2F)n1. The maximum Gasteiger partial charge on any atom is 0.161 e. The van der Waals surface area contributed by atoms with Crippen LogP contribution in [0.3, 0.4) is 0 Å². The standard InChI is InChI=1S/C24H25FN2O4/c1-16(28)24(2,3)30-13-18-12-23(27(26-18)22-10-5-4-9-21(22)25)17-7-6-8-19(11-17)31-20-14-29-15-20/h4-12,20H,13-15H2,1-3H3. The molecule has 0 unspecified atom stereocenters. The van der Waals surface area contributed by atoms with Crippen LogP contribution < -0.4 is 4.74 Å². The molecule has 0 atom stereocenters. The number of hydrogen-bond donors (Lipinski definition) is 0. The Bertz CT molecular complexity index is 1090. The quantitative estimate of drug-likeness (QED) is 0.538. The molecule has 0 amide bonds. The van der Waals surface area contributed by atoms with E-state index in [0.717, 1.165) is 5.56 Å². The van der Waals surface area contributed by atoms with Gasteiger partial charge in [0.25, 0.3) is 0 Å². The first-order valence-electron chi connectivity index (χ1n) is 10.2. The second kappa shape index (κ2) is 8.61. The molecule has 162 valence electrons. The van der Waals surface area contributed by atoms with Crippen molar-refractivity contribution in [3.05, 3.63) is 66.1 Å². The Balaban J connectivity index is 1.70. The molecule has 0 N–H and O–H groups in total. The first kappa shape index (κ1) is 21.2. The van der Waals surface area contributed by atoms with Gasteiger partial charge in [-0.15, -0.1) is 0 Å². The van der Waals surface area contributed by atoms with Crippen LogP contribution in [-0.4, -0.2) is 40.5 Å². The van der Waals surface area contributed by atoms with E-state index in [1.54, 1.807) is 36.7 Å². The van der Waals surface area contributed by atoms with Crippen molar-refractivity contribution in [3.8, 4) is 22.7 Å². The van der Waals surface area contributed by atoms with Gasteiger partial charge in [-0.2, -0.15) is 5.10 Å². The topological polar surface area (TPSA) is 62.6 Å². The van der Waals surface area contributed by atoms with Crippen molar-refractivity contribution in [2.45, 2.75) is 39.1 Å². The number of rotatable bonds is 8. The fourth-order valence-electron chi connectivity index (χ4n) is 3.07. The molecule has 1 aliphatic rings. The van der Waals surface area contributed by atoms with Gasteiger partial charge in [-0.1, -0.05) is 24.3 Å². The van der Waals surface area contributed by atoms with E-state index in [1.807, 2.05) is 30.3 Å². The summed E-state index contributed by atoms with van der Waals surface area (Å²) in [7, 11) is 0. The zero-order valence-corrected chi connectivity index (χ0v) is 17.8. The molecule has 0 radical (unpaired) electrons. The molecule has 6 nitrogen and oxygen atoms in total. The van der Waals surface area contributed by atoms with Crippen LogP contribution in [0, 0.1) is 5.82 Å². The minimum absolute atomic E-state index is 0.0458. The molecule has 1 saturated heterocycles. The molecular weight excluding hydrogens is 399 g/mol. The molecular formula is C24H25FN2O4. The third kappa shape index (κ3) is 4.68. The van der Waals surface area contributed by atoms with Gasteiger partial charge in [0.2, 0.25) is 0 Å². The Labute approximate surface area is 180 Å². The Morgan fingerprint density at radius 2 is 1.97 bits per heavy atom.